The van der Waals surface area contributed by atoms with Crippen LogP contribution in [0.4, 0.5) is 0 Å². The number of ether oxygens (including phenoxy) is 1. The van der Waals surface area contributed by atoms with Crippen LogP contribution in [-0.2, 0) is 10.3 Å². The quantitative estimate of drug-likeness (QED) is 0.645. The first-order valence-corrected chi connectivity index (χ1v) is 12.5. The molecule has 1 aromatic rings. The Balaban J connectivity index is 1.34. The summed E-state index contributed by atoms with van der Waals surface area (Å²) in [5.41, 5.74) is 6.35. The standard InChI is InChI=1S/C26H41NO3/c1-24-10-6-20(30-14-3-13-27)16-18(24)4-5-21-22(24)7-11-25(2)23(21)8-12-26(25,28)19-9-15-29-17-19/h9,15,17-18,20-23,28H,3-8,10-14,16,27H2,1-2H3/t18?,20-,21+,22-,23-,24-,25-,26+/m0/s1. The van der Waals surface area contributed by atoms with Crippen molar-refractivity contribution in [1.29, 1.82) is 0 Å². The van der Waals surface area contributed by atoms with Gasteiger partial charge in [-0.2, -0.15) is 0 Å². The summed E-state index contributed by atoms with van der Waals surface area (Å²) in [7, 11) is 0. The molecule has 0 aliphatic heterocycles. The van der Waals surface area contributed by atoms with Crippen molar-refractivity contribution in [2.45, 2.75) is 89.8 Å². The fourth-order valence-electron chi connectivity index (χ4n) is 8.69. The van der Waals surface area contributed by atoms with Crippen LogP contribution in [0.1, 0.15) is 83.6 Å². The van der Waals surface area contributed by atoms with Gasteiger partial charge in [-0.3, -0.25) is 0 Å². The Labute approximate surface area is 181 Å². The van der Waals surface area contributed by atoms with Gasteiger partial charge in [0, 0.05) is 17.6 Å². The fraction of sp³-hybridized carbons (Fsp3) is 0.846. The molecule has 0 amide bonds. The Hall–Kier alpha value is -0.840. The molecule has 3 N–H and O–H groups in total. The van der Waals surface area contributed by atoms with Crippen molar-refractivity contribution in [3.63, 3.8) is 0 Å². The van der Waals surface area contributed by atoms with Crippen LogP contribution in [-0.4, -0.2) is 24.4 Å². The monoisotopic (exact) mass is 415 g/mol. The minimum absolute atomic E-state index is 0.0240. The molecule has 4 nitrogen and oxygen atoms in total. The second-order valence-electron chi connectivity index (χ2n) is 11.4. The molecule has 0 spiro atoms. The van der Waals surface area contributed by atoms with Crippen LogP contribution >= 0.6 is 0 Å². The first-order valence-electron chi connectivity index (χ1n) is 12.5. The fourth-order valence-corrected chi connectivity index (χ4v) is 8.69. The molecule has 4 aliphatic carbocycles. The average Bonchev–Trinajstić information content (AvgIpc) is 3.36. The van der Waals surface area contributed by atoms with Crippen LogP contribution in [0.2, 0.25) is 0 Å². The van der Waals surface area contributed by atoms with E-state index in [-0.39, 0.29) is 5.41 Å². The van der Waals surface area contributed by atoms with E-state index in [1.165, 1.54) is 38.5 Å². The molecule has 1 heterocycles. The van der Waals surface area contributed by atoms with E-state index in [1.54, 1.807) is 12.5 Å². The van der Waals surface area contributed by atoms with Gasteiger partial charge in [-0.1, -0.05) is 13.8 Å². The Bertz CT molecular complexity index is 735. The molecule has 0 radical (unpaired) electrons. The lowest BCUT2D eigenvalue weighted by Crippen LogP contribution is -2.56. The highest BCUT2D eigenvalue weighted by Crippen LogP contribution is 2.70. The smallest absolute Gasteiger partial charge is 0.0983 e. The van der Waals surface area contributed by atoms with Gasteiger partial charge in [0.05, 0.1) is 24.2 Å². The minimum atomic E-state index is -0.720. The summed E-state index contributed by atoms with van der Waals surface area (Å²) in [6, 6.07) is 1.99. The lowest BCUT2D eigenvalue weighted by molar-refractivity contribution is -0.164. The number of aliphatic hydroxyl groups is 1. The normalized spacial score (nSPS) is 48.1. The van der Waals surface area contributed by atoms with E-state index in [1.807, 2.05) is 6.07 Å². The van der Waals surface area contributed by atoms with E-state index in [0.29, 0.717) is 17.4 Å². The lowest BCUT2D eigenvalue weighted by Gasteiger charge is -2.61. The van der Waals surface area contributed by atoms with Gasteiger partial charge in [0.15, 0.2) is 0 Å². The van der Waals surface area contributed by atoms with Gasteiger partial charge in [-0.25, -0.2) is 0 Å². The van der Waals surface area contributed by atoms with Gasteiger partial charge in [-0.15, -0.1) is 0 Å². The highest BCUT2D eigenvalue weighted by atomic mass is 16.5. The number of hydrogen-bond donors (Lipinski definition) is 2. The van der Waals surface area contributed by atoms with Crippen molar-refractivity contribution >= 4 is 0 Å². The summed E-state index contributed by atoms with van der Waals surface area (Å²) >= 11 is 0. The molecule has 1 aromatic heterocycles. The van der Waals surface area contributed by atoms with Gasteiger partial charge in [0.1, 0.15) is 0 Å². The van der Waals surface area contributed by atoms with E-state index in [9.17, 15) is 5.11 Å². The molecule has 168 valence electrons. The van der Waals surface area contributed by atoms with Crippen molar-refractivity contribution in [2.24, 2.45) is 40.2 Å². The number of rotatable bonds is 5. The maximum atomic E-state index is 11.8. The molecule has 0 bridgehead atoms. The topological polar surface area (TPSA) is 68.6 Å². The van der Waals surface area contributed by atoms with E-state index in [0.717, 1.165) is 62.2 Å². The van der Waals surface area contributed by atoms with Crippen LogP contribution < -0.4 is 5.73 Å². The highest BCUT2D eigenvalue weighted by molar-refractivity contribution is 5.26. The van der Waals surface area contributed by atoms with Gasteiger partial charge >= 0.3 is 0 Å². The molecule has 0 aromatic carbocycles. The van der Waals surface area contributed by atoms with Gasteiger partial charge in [0.2, 0.25) is 0 Å². The van der Waals surface area contributed by atoms with Crippen LogP contribution in [0.3, 0.4) is 0 Å². The van der Waals surface area contributed by atoms with E-state index >= 15 is 0 Å². The number of nitrogens with two attached hydrogens (primary N) is 1. The van der Waals surface area contributed by atoms with E-state index < -0.39 is 5.60 Å². The van der Waals surface area contributed by atoms with Crippen molar-refractivity contribution < 1.29 is 14.3 Å². The summed E-state index contributed by atoms with van der Waals surface area (Å²) in [5.74, 6) is 3.01. The predicted octanol–water partition coefficient (Wildman–Crippen LogP) is 5.24. The summed E-state index contributed by atoms with van der Waals surface area (Å²) in [5, 5.41) is 11.8. The van der Waals surface area contributed by atoms with Crippen molar-refractivity contribution in [2.75, 3.05) is 13.2 Å². The molecule has 30 heavy (non-hydrogen) atoms. The van der Waals surface area contributed by atoms with Gasteiger partial charge < -0.3 is 20.0 Å². The third-order valence-corrected chi connectivity index (χ3v) is 10.5. The van der Waals surface area contributed by atoms with Gasteiger partial charge in [0.25, 0.3) is 0 Å². The Morgan fingerprint density at radius 1 is 1.10 bits per heavy atom. The first kappa shape index (κ1) is 21.0. The third-order valence-electron chi connectivity index (χ3n) is 10.5. The molecule has 5 rings (SSSR count). The van der Waals surface area contributed by atoms with Crippen molar-refractivity contribution in [3.8, 4) is 0 Å². The Kier molecular flexibility index (Phi) is 5.35. The number of furan rings is 1. The molecule has 4 saturated carbocycles. The maximum Gasteiger partial charge on any atom is 0.0983 e. The average molecular weight is 416 g/mol. The summed E-state index contributed by atoms with van der Waals surface area (Å²) < 4.78 is 11.6. The molecule has 1 unspecified atom stereocenters. The Morgan fingerprint density at radius 2 is 1.93 bits per heavy atom. The SMILES string of the molecule is C[C@]12CC[C@H](OCCCN)CC1CC[C@@H]1[C@@H]2CC[C@@]2(C)[C@H]1CC[C@@]2(O)c1ccoc1. The van der Waals surface area contributed by atoms with Crippen LogP contribution in [0.5, 0.6) is 0 Å². The van der Waals surface area contributed by atoms with Crippen LogP contribution in [0.15, 0.2) is 23.0 Å². The molecule has 4 heteroatoms. The molecular formula is C26H41NO3. The minimum Gasteiger partial charge on any atom is -0.472 e. The highest BCUT2D eigenvalue weighted by Gasteiger charge is 2.65. The Morgan fingerprint density at radius 3 is 2.70 bits per heavy atom. The molecule has 4 fully saturated rings. The zero-order chi connectivity index (χ0) is 21.0. The van der Waals surface area contributed by atoms with E-state index in [2.05, 4.69) is 13.8 Å². The van der Waals surface area contributed by atoms with Crippen LogP contribution in [0.25, 0.3) is 0 Å². The zero-order valence-corrected chi connectivity index (χ0v) is 18.9. The number of hydrogen-bond acceptors (Lipinski definition) is 4. The lowest BCUT2D eigenvalue weighted by atomic mass is 9.44. The van der Waals surface area contributed by atoms with Crippen molar-refractivity contribution in [1.82, 2.24) is 0 Å². The molecule has 4 aliphatic rings. The molecule has 8 atom stereocenters. The summed E-state index contributed by atoms with van der Waals surface area (Å²) in [4.78, 5) is 0. The van der Waals surface area contributed by atoms with Crippen molar-refractivity contribution in [3.05, 3.63) is 24.2 Å². The first-order chi connectivity index (χ1) is 14.4. The third kappa shape index (κ3) is 2.97. The summed E-state index contributed by atoms with van der Waals surface area (Å²) in [6.07, 6.45) is 15.8. The predicted molar refractivity (Wildman–Crippen MR) is 118 cm³/mol. The molecule has 0 saturated heterocycles. The van der Waals surface area contributed by atoms with Crippen LogP contribution in [0, 0.1) is 34.5 Å². The zero-order valence-electron chi connectivity index (χ0n) is 18.9. The number of fused-ring (bicyclic) bond motifs is 5. The largest absolute Gasteiger partial charge is 0.472 e. The van der Waals surface area contributed by atoms with E-state index in [4.69, 9.17) is 14.9 Å². The maximum absolute atomic E-state index is 11.8. The summed E-state index contributed by atoms with van der Waals surface area (Å²) in [6.45, 7) is 6.53. The second-order valence-corrected chi connectivity index (χ2v) is 11.4. The van der Waals surface area contributed by atoms with Gasteiger partial charge in [-0.05, 0) is 106 Å². The molecular weight excluding hydrogens is 374 g/mol. The second kappa shape index (κ2) is 7.64.